The summed E-state index contributed by atoms with van der Waals surface area (Å²) >= 11 is 0. The van der Waals surface area contributed by atoms with Crippen molar-refractivity contribution in [2.75, 3.05) is 25.6 Å². The Morgan fingerprint density at radius 1 is 1.44 bits per heavy atom. The van der Waals surface area contributed by atoms with Gasteiger partial charge in [-0.1, -0.05) is 13.8 Å². The molecule has 0 aliphatic heterocycles. The first-order valence-corrected chi connectivity index (χ1v) is 5.33. The lowest BCUT2D eigenvalue weighted by Crippen LogP contribution is -2.14. The predicted octanol–water partition coefficient (Wildman–Crippen LogP) is 2.11. The zero-order valence-electron chi connectivity index (χ0n) is 10.2. The molecule has 0 spiro atoms. The van der Waals surface area contributed by atoms with Crippen molar-refractivity contribution in [2.45, 2.75) is 20.3 Å². The van der Waals surface area contributed by atoms with Gasteiger partial charge in [-0.3, -0.25) is 0 Å². The second-order valence-corrected chi connectivity index (χ2v) is 4.25. The van der Waals surface area contributed by atoms with Crippen LogP contribution in [0.1, 0.15) is 20.3 Å². The average molecular weight is 227 g/mol. The molecule has 0 unspecified atom stereocenters. The molecule has 1 rings (SSSR count). The van der Waals surface area contributed by atoms with E-state index < -0.39 is 5.82 Å². The fraction of sp³-hybridized carbons (Fsp3) is 0.636. The summed E-state index contributed by atoms with van der Waals surface area (Å²) in [6, 6.07) is 0.228. The third-order valence-electron chi connectivity index (χ3n) is 2.05. The molecule has 1 aromatic heterocycles. The van der Waals surface area contributed by atoms with Crippen LogP contribution in [0.2, 0.25) is 0 Å². The van der Waals surface area contributed by atoms with E-state index >= 15 is 0 Å². The Bertz CT molecular complexity index is 342. The lowest BCUT2D eigenvalue weighted by atomic mass is 10.1. The number of halogens is 1. The smallest absolute Gasteiger partial charge is 0.318 e. The summed E-state index contributed by atoms with van der Waals surface area (Å²) in [7, 11) is 3.45. The number of nitrogens with zero attached hydrogens (tertiary/aromatic N) is 3. The first kappa shape index (κ1) is 12.7. The molecule has 0 atom stereocenters. The molecule has 0 saturated carbocycles. The molecule has 0 N–H and O–H groups in total. The van der Waals surface area contributed by atoms with Crippen molar-refractivity contribution in [1.29, 1.82) is 0 Å². The van der Waals surface area contributed by atoms with E-state index in [2.05, 4.69) is 23.8 Å². The molecule has 0 aromatic carbocycles. The molecule has 16 heavy (non-hydrogen) atoms. The summed E-state index contributed by atoms with van der Waals surface area (Å²) in [5.74, 6) is 0.365. The highest BCUT2D eigenvalue weighted by Crippen LogP contribution is 2.15. The summed E-state index contributed by atoms with van der Waals surface area (Å²) in [4.78, 5) is 9.36. The van der Waals surface area contributed by atoms with Crippen molar-refractivity contribution in [3.63, 3.8) is 0 Å². The first-order valence-electron chi connectivity index (χ1n) is 5.33. The second kappa shape index (κ2) is 5.63. The van der Waals surface area contributed by atoms with Gasteiger partial charge in [-0.15, -0.1) is 0 Å². The molecule has 90 valence electrons. The maximum atomic E-state index is 13.2. The van der Waals surface area contributed by atoms with Gasteiger partial charge in [0.05, 0.1) is 12.8 Å². The van der Waals surface area contributed by atoms with Gasteiger partial charge in [0.15, 0.2) is 11.6 Å². The van der Waals surface area contributed by atoms with E-state index in [-0.39, 0.29) is 11.8 Å². The van der Waals surface area contributed by atoms with Crippen molar-refractivity contribution in [2.24, 2.45) is 5.92 Å². The van der Waals surface area contributed by atoms with Gasteiger partial charge < -0.3 is 9.64 Å². The SMILES string of the molecule is CC(C)CCOc1ncc(F)c(N(C)C)n1. The summed E-state index contributed by atoms with van der Waals surface area (Å²) in [6.45, 7) is 4.77. The molecule has 0 bridgehead atoms. The molecule has 0 fully saturated rings. The molecule has 1 aromatic rings. The lowest BCUT2D eigenvalue weighted by molar-refractivity contribution is 0.267. The number of rotatable bonds is 5. The fourth-order valence-corrected chi connectivity index (χ4v) is 1.11. The minimum atomic E-state index is -0.443. The standard InChI is InChI=1S/C11H18FN3O/c1-8(2)5-6-16-11-13-7-9(12)10(14-11)15(3)4/h7-8H,5-6H2,1-4H3. The number of hydrogen-bond donors (Lipinski definition) is 0. The topological polar surface area (TPSA) is 38.2 Å². The molecule has 0 amide bonds. The van der Waals surface area contributed by atoms with Crippen LogP contribution in [0.15, 0.2) is 6.20 Å². The Morgan fingerprint density at radius 2 is 2.12 bits per heavy atom. The van der Waals surface area contributed by atoms with Crippen LogP contribution >= 0.6 is 0 Å². The molecule has 1 heterocycles. The zero-order chi connectivity index (χ0) is 12.1. The molecular weight excluding hydrogens is 209 g/mol. The van der Waals surface area contributed by atoms with Crippen LogP contribution in [0.3, 0.4) is 0 Å². The van der Waals surface area contributed by atoms with Crippen molar-refractivity contribution in [3.8, 4) is 6.01 Å². The highest BCUT2D eigenvalue weighted by atomic mass is 19.1. The zero-order valence-corrected chi connectivity index (χ0v) is 10.2. The van der Waals surface area contributed by atoms with E-state index in [1.807, 2.05) is 0 Å². The molecule has 0 radical (unpaired) electrons. The van der Waals surface area contributed by atoms with Crippen molar-refractivity contribution < 1.29 is 9.13 Å². The Morgan fingerprint density at radius 3 is 2.69 bits per heavy atom. The minimum absolute atomic E-state index is 0.228. The van der Waals surface area contributed by atoms with E-state index in [1.165, 1.54) is 0 Å². The van der Waals surface area contributed by atoms with Gasteiger partial charge in [-0.2, -0.15) is 4.98 Å². The number of anilines is 1. The van der Waals surface area contributed by atoms with Crippen LogP contribution < -0.4 is 9.64 Å². The summed E-state index contributed by atoms with van der Waals surface area (Å²) in [5.41, 5.74) is 0. The van der Waals surface area contributed by atoms with Gasteiger partial charge in [-0.05, 0) is 12.3 Å². The van der Waals surface area contributed by atoms with Crippen LogP contribution in [-0.4, -0.2) is 30.7 Å². The molecule has 0 saturated heterocycles. The third kappa shape index (κ3) is 3.64. The molecular formula is C11H18FN3O. The molecule has 5 heteroatoms. The van der Waals surface area contributed by atoms with Crippen LogP contribution in [0, 0.1) is 11.7 Å². The summed E-state index contributed by atoms with van der Waals surface area (Å²) < 4.78 is 18.6. The van der Waals surface area contributed by atoms with Crippen LogP contribution in [0.25, 0.3) is 0 Å². The largest absolute Gasteiger partial charge is 0.463 e. The summed E-state index contributed by atoms with van der Waals surface area (Å²) in [5, 5.41) is 0. The maximum Gasteiger partial charge on any atom is 0.318 e. The van der Waals surface area contributed by atoms with Gasteiger partial charge in [0.1, 0.15) is 0 Å². The van der Waals surface area contributed by atoms with Crippen LogP contribution in [0.4, 0.5) is 10.2 Å². The monoisotopic (exact) mass is 227 g/mol. The number of hydrogen-bond acceptors (Lipinski definition) is 4. The van der Waals surface area contributed by atoms with Crippen LogP contribution in [-0.2, 0) is 0 Å². The average Bonchev–Trinajstić information content (AvgIpc) is 2.19. The van der Waals surface area contributed by atoms with Crippen LogP contribution in [0.5, 0.6) is 6.01 Å². The van der Waals surface area contributed by atoms with Crippen molar-refractivity contribution >= 4 is 5.82 Å². The Hall–Kier alpha value is -1.39. The van der Waals surface area contributed by atoms with E-state index in [9.17, 15) is 4.39 Å². The first-order chi connectivity index (χ1) is 7.50. The maximum absolute atomic E-state index is 13.2. The summed E-state index contributed by atoms with van der Waals surface area (Å²) in [6.07, 6.45) is 2.06. The highest BCUT2D eigenvalue weighted by Gasteiger charge is 2.09. The minimum Gasteiger partial charge on any atom is -0.463 e. The van der Waals surface area contributed by atoms with Crippen molar-refractivity contribution in [1.82, 2.24) is 9.97 Å². The predicted molar refractivity (Wildman–Crippen MR) is 61.3 cm³/mol. The van der Waals surface area contributed by atoms with Crippen molar-refractivity contribution in [3.05, 3.63) is 12.0 Å². The lowest BCUT2D eigenvalue weighted by Gasteiger charge is -2.13. The Balaban J connectivity index is 2.64. The second-order valence-electron chi connectivity index (χ2n) is 4.25. The highest BCUT2D eigenvalue weighted by molar-refractivity contribution is 5.37. The van der Waals surface area contributed by atoms with Gasteiger partial charge >= 0.3 is 6.01 Å². The van der Waals surface area contributed by atoms with Gasteiger partial charge in [0, 0.05) is 14.1 Å². The van der Waals surface area contributed by atoms with E-state index in [0.29, 0.717) is 12.5 Å². The van der Waals surface area contributed by atoms with Gasteiger partial charge in [0.2, 0.25) is 0 Å². The fourth-order valence-electron chi connectivity index (χ4n) is 1.11. The van der Waals surface area contributed by atoms with E-state index in [0.717, 1.165) is 12.6 Å². The molecule has 0 aliphatic carbocycles. The van der Waals surface area contributed by atoms with E-state index in [1.54, 1.807) is 19.0 Å². The molecule has 4 nitrogen and oxygen atoms in total. The number of aromatic nitrogens is 2. The molecule has 0 aliphatic rings. The van der Waals surface area contributed by atoms with Gasteiger partial charge in [0.25, 0.3) is 0 Å². The quantitative estimate of drug-likeness (QED) is 0.772. The van der Waals surface area contributed by atoms with E-state index in [4.69, 9.17) is 4.74 Å². The Labute approximate surface area is 95.5 Å². The van der Waals surface area contributed by atoms with Gasteiger partial charge in [-0.25, -0.2) is 9.37 Å². The Kier molecular flexibility index (Phi) is 4.46. The number of ether oxygens (including phenoxy) is 1. The third-order valence-corrected chi connectivity index (χ3v) is 2.05. The normalized spacial score (nSPS) is 10.6.